The molecule has 0 saturated carbocycles. The van der Waals surface area contributed by atoms with Crippen molar-refractivity contribution in [3.05, 3.63) is 102 Å². The number of likely N-dealkylation sites (tertiary alicyclic amines) is 1. The van der Waals surface area contributed by atoms with Crippen LogP contribution in [0.4, 0.5) is 11.5 Å². The van der Waals surface area contributed by atoms with Gasteiger partial charge >= 0.3 is 0 Å². The van der Waals surface area contributed by atoms with E-state index in [1.807, 2.05) is 85.1 Å². The molecular weight excluding hydrogens is 885 g/mol. The Bertz CT molecular complexity index is 2880. The molecule has 69 heavy (non-hydrogen) atoms. The number of nitrogens with two attached hydrogens (primary N) is 1. The number of hydrogen-bond donors (Lipinski definition) is 4. The van der Waals surface area contributed by atoms with Gasteiger partial charge in [-0.2, -0.15) is 10.4 Å². The summed E-state index contributed by atoms with van der Waals surface area (Å²) in [6.45, 7) is 5.70. The molecule has 3 aliphatic heterocycles. The third-order valence-corrected chi connectivity index (χ3v) is 12.5. The van der Waals surface area contributed by atoms with E-state index in [1.54, 1.807) is 17.0 Å². The summed E-state index contributed by atoms with van der Waals surface area (Å²) >= 11 is 0. The van der Waals surface area contributed by atoms with Crippen molar-refractivity contribution in [2.45, 2.75) is 57.2 Å². The number of amides is 6. The second-order valence-corrected chi connectivity index (χ2v) is 17.5. The third-order valence-electron chi connectivity index (χ3n) is 12.5. The Kier molecular flexibility index (Phi) is 14.1. The van der Waals surface area contributed by atoms with Crippen LogP contribution in [0.3, 0.4) is 0 Å². The van der Waals surface area contributed by atoms with Gasteiger partial charge in [-0.25, -0.2) is 14.6 Å². The van der Waals surface area contributed by atoms with E-state index in [-0.39, 0.29) is 72.9 Å². The monoisotopic (exact) mass is 936 g/mol. The van der Waals surface area contributed by atoms with E-state index >= 15 is 0 Å². The molecule has 356 valence electrons. The fourth-order valence-electron chi connectivity index (χ4n) is 8.55. The number of carbonyl (C=O) groups excluding carboxylic acids is 6. The van der Waals surface area contributed by atoms with Crippen LogP contribution in [-0.2, 0) is 23.9 Å². The van der Waals surface area contributed by atoms with Crippen LogP contribution in [-0.4, -0.2) is 134 Å². The highest BCUT2D eigenvalue weighted by Gasteiger charge is 2.44. The first kappa shape index (κ1) is 47.5. The van der Waals surface area contributed by atoms with Gasteiger partial charge < -0.3 is 30.7 Å². The van der Waals surface area contributed by atoms with Gasteiger partial charge in [-0.3, -0.25) is 43.9 Å². The predicted octanol–water partition coefficient (Wildman–Crippen LogP) is 3.84. The number of rotatable bonds is 17. The van der Waals surface area contributed by atoms with Crippen molar-refractivity contribution < 1.29 is 38.2 Å². The van der Waals surface area contributed by atoms with Gasteiger partial charge in [0.15, 0.2) is 5.65 Å². The molecule has 2 aromatic heterocycles. The number of nitrogens with zero attached hydrogens (tertiary/aromatic N) is 8. The van der Waals surface area contributed by atoms with E-state index < -0.39 is 35.2 Å². The van der Waals surface area contributed by atoms with Gasteiger partial charge in [0, 0.05) is 49.4 Å². The molecule has 3 aliphatic rings. The maximum Gasteiger partial charge on any atom is 0.264 e. The molecule has 6 amide bonds. The average Bonchev–Trinajstić information content (AvgIpc) is 3.86. The van der Waals surface area contributed by atoms with E-state index in [4.69, 9.17) is 20.3 Å². The first-order valence-corrected chi connectivity index (χ1v) is 22.6. The lowest BCUT2D eigenvalue weighted by atomic mass is 9.98. The first-order chi connectivity index (χ1) is 33.2. The third kappa shape index (κ3) is 10.4. The number of fused-ring (bicyclic) bond motifs is 2. The smallest absolute Gasteiger partial charge is 0.264 e. The van der Waals surface area contributed by atoms with Crippen LogP contribution in [0.1, 0.15) is 66.3 Å². The summed E-state index contributed by atoms with van der Waals surface area (Å²) in [7, 11) is 1.87. The number of nitriles is 1. The number of piperidine rings is 2. The zero-order valence-corrected chi connectivity index (χ0v) is 38.4. The first-order valence-electron chi connectivity index (χ1n) is 22.6. The maximum absolute atomic E-state index is 14.0. The van der Waals surface area contributed by atoms with Crippen LogP contribution in [0.2, 0.25) is 0 Å². The van der Waals surface area contributed by atoms with Crippen molar-refractivity contribution >= 4 is 58.0 Å². The summed E-state index contributed by atoms with van der Waals surface area (Å²) in [6, 6.07) is 22.3. The van der Waals surface area contributed by atoms with Gasteiger partial charge in [-0.1, -0.05) is 18.2 Å². The van der Waals surface area contributed by atoms with E-state index in [0.29, 0.717) is 60.8 Å². The number of para-hydroxylation sites is 1. The van der Waals surface area contributed by atoms with Gasteiger partial charge in [0.2, 0.25) is 17.7 Å². The molecule has 5 N–H and O–H groups in total. The maximum atomic E-state index is 14.0. The average molecular weight is 937 g/mol. The molecule has 2 saturated heterocycles. The number of aromatic nitrogens is 4. The molecule has 5 aromatic rings. The molecule has 20 nitrogen and oxygen atoms in total. The largest absolute Gasteiger partial charge is 0.457 e. The standard InChI is InChI=1S/C49H52N12O8/c1-49(2,58(3)21-23-68-22-19-52-40(63)27-53-32-13-16-36-37(24-32)48(67)60(47(36)66)38-17-18-39(62)56-45(38)64)25-31(26-50)46(65)59-20-7-8-33(28-59)61-44-41(43(51)54-29-55-44)42(57-61)30-11-14-35(15-12-30)69-34-9-5-4-6-10-34/h4-6,9-16,24-25,29,33,38,53H,7-8,17-23,27-28H2,1-3H3,(H,52,63)(H2,51,54,55)(H,56,62,64). The highest BCUT2D eigenvalue weighted by Crippen LogP contribution is 2.36. The normalized spacial score (nSPS) is 17.5. The van der Waals surface area contributed by atoms with Crippen LogP contribution in [0.5, 0.6) is 11.5 Å². The molecule has 0 bridgehead atoms. The molecule has 8 rings (SSSR count). The summed E-state index contributed by atoms with van der Waals surface area (Å²) in [5.41, 5.74) is 8.37. The fraction of sp³-hybridized carbons (Fsp3) is 0.347. The van der Waals surface area contributed by atoms with Gasteiger partial charge in [0.25, 0.3) is 17.7 Å². The Hall–Kier alpha value is -8.02. The molecule has 2 atom stereocenters. The van der Waals surface area contributed by atoms with Crippen molar-refractivity contribution in [3.8, 4) is 28.8 Å². The SMILES string of the molecule is CN(CCOCCNC(=O)CNc1ccc2c(c1)C(=O)N(C1CCC(=O)NC1=O)C2=O)C(C)(C)C=C(C#N)C(=O)N1CCCC(n2nc(-c3ccc(Oc4ccccc4)cc3)c3c(N)ncnc32)C1. The molecule has 2 unspecified atom stereocenters. The number of hydrogen-bond acceptors (Lipinski definition) is 15. The highest BCUT2D eigenvalue weighted by molar-refractivity contribution is 6.23. The van der Waals surface area contributed by atoms with Gasteiger partial charge in [-0.15, -0.1) is 0 Å². The Labute approximate surface area is 397 Å². The number of ether oxygens (including phenoxy) is 2. The van der Waals surface area contributed by atoms with Crippen LogP contribution < -0.4 is 26.4 Å². The lowest BCUT2D eigenvalue weighted by molar-refractivity contribution is -0.136. The molecule has 20 heteroatoms. The van der Waals surface area contributed by atoms with Crippen molar-refractivity contribution in [1.29, 1.82) is 5.26 Å². The Morgan fingerprint density at radius 1 is 0.986 bits per heavy atom. The summed E-state index contributed by atoms with van der Waals surface area (Å²) in [5.74, 6) is -1.43. The lowest BCUT2D eigenvalue weighted by Gasteiger charge is -2.35. The molecule has 2 fully saturated rings. The van der Waals surface area contributed by atoms with E-state index in [1.165, 1.54) is 18.5 Å². The second kappa shape index (κ2) is 20.5. The van der Waals surface area contributed by atoms with Gasteiger partial charge in [0.05, 0.1) is 42.3 Å². The Morgan fingerprint density at radius 2 is 1.74 bits per heavy atom. The van der Waals surface area contributed by atoms with Crippen molar-refractivity contribution in [3.63, 3.8) is 0 Å². The summed E-state index contributed by atoms with van der Waals surface area (Å²) in [5, 5.41) is 23.7. The molecule has 0 spiro atoms. The fourth-order valence-corrected chi connectivity index (χ4v) is 8.55. The topological polar surface area (TPSA) is 260 Å². The zero-order valence-electron chi connectivity index (χ0n) is 38.4. The number of imide groups is 2. The second-order valence-electron chi connectivity index (χ2n) is 17.5. The minimum atomic E-state index is -1.07. The number of nitrogens with one attached hydrogen (secondary N) is 3. The molecule has 5 heterocycles. The molecule has 0 radical (unpaired) electrons. The van der Waals surface area contributed by atoms with Crippen molar-refractivity contribution in [2.24, 2.45) is 0 Å². The predicted molar refractivity (Wildman–Crippen MR) is 252 cm³/mol. The van der Waals surface area contributed by atoms with Crippen molar-refractivity contribution in [1.82, 2.24) is 45.1 Å². The molecule has 0 aliphatic carbocycles. The quantitative estimate of drug-likeness (QED) is 0.0447. The minimum absolute atomic E-state index is 0.0208. The number of likely N-dealkylation sites (N-methyl/N-ethyl adjacent to an activating group) is 1. The number of carbonyl (C=O) groups is 6. The number of benzene rings is 3. The Balaban J connectivity index is 0.800. The lowest BCUT2D eigenvalue weighted by Crippen LogP contribution is -2.54. The molecule has 3 aromatic carbocycles. The van der Waals surface area contributed by atoms with Gasteiger partial charge in [-0.05, 0) is 101 Å². The van der Waals surface area contributed by atoms with Crippen LogP contribution >= 0.6 is 0 Å². The van der Waals surface area contributed by atoms with Crippen LogP contribution in [0.25, 0.3) is 22.3 Å². The highest BCUT2D eigenvalue weighted by atomic mass is 16.5. The zero-order chi connectivity index (χ0) is 48.8. The summed E-state index contributed by atoms with van der Waals surface area (Å²) < 4.78 is 13.6. The van der Waals surface area contributed by atoms with E-state index in [2.05, 4.69) is 32.0 Å². The summed E-state index contributed by atoms with van der Waals surface area (Å²) in [4.78, 5) is 90.0. The number of anilines is 2. The molecular formula is C49H52N12O8. The van der Waals surface area contributed by atoms with E-state index in [9.17, 15) is 34.0 Å². The van der Waals surface area contributed by atoms with E-state index in [0.717, 1.165) is 22.6 Å². The van der Waals surface area contributed by atoms with Crippen LogP contribution in [0, 0.1) is 11.3 Å². The van der Waals surface area contributed by atoms with Gasteiger partial charge in [0.1, 0.15) is 47.0 Å². The Morgan fingerprint density at radius 3 is 2.49 bits per heavy atom. The van der Waals surface area contributed by atoms with Crippen LogP contribution in [0.15, 0.2) is 90.8 Å². The summed E-state index contributed by atoms with van der Waals surface area (Å²) in [6.07, 6.45) is 4.57. The number of nitrogen functional groups attached to an aromatic ring is 1. The minimum Gasteiger partial charge on any atom is -0.457 e. The van der Waals surface area contributed by atoms with Crippen molar-refractivity contribution in [2.75, 3.05) is 64.0 Å².